The van der Waals surface area contributed by atoms with Crippen molar-refractivity contribution < 1.29 is 18.3 Å². The molecule has 4 atom stereocenters. The third kappa shape index (κ3) is 5.55. The van der Waals surface area contributed by atoms with Gasteiger partial charge in [-0.25, -0.2) is 4.98 Å². The summed E-state index contributed by atoms with van der Waals surface area (Å²) in [6.07, 6.45) is 7.17. The minimum atomic E-state index is -1.45. The van der Waals surface area contributed by atoms with Gasteiger partial charge in [0.1, 0.15) is 17.7 Å². The molecule has 0 aromatic carbocycles. The highest BCUT2D eigenvalue weighted by molar-refractivity contribution is 7.41. The van der Waals surface area contributed by atoms with Crippen molar-refractivity contribution in [2.45, 2.75) is 65.8 Å². The summed E-state index contributed by atoms with van der Waals surface area (Å²) in [5.41, 5.74) is 0. The molecule has 24 heavy (non-hydrogen) atoms. The Morgan fingerprint density at radius 2 is 2.12 bits per heavy atom. The molecule has 2 rings (SSSR count). The summed E-state index contributed by atoms with van der Waals surface area (Å²) >= 11 is 0. The van der Waals surface area contributed by atoms with Gasteiger partial charge in [-0.1, -0.05) is 20.8 Å². The van der Waals surface area contributed by atoms with Crippen molar-refractivity contribution in [2.75, 3.05) is 6.61 Å². The van der Waals surface area contributed by atoms with Gasteiger partial charge in [-0.05, 0) is 32.3 Å². The molecule has 1 aliphatic rings. The minimum absolute atomic E-state index is 0.0214. The van der Waals surface area contributed by atoms with Crippen molar-refractivity contribution in [3.8, 4) is 0 Å². The number of H-pyrrole nitrogens is 1. The number of imidazole rings is 1. The molecular formula is C17H29N2O4P. The van der Waals surface area contributed by atoms with E-state index in [-0.39, 0.29) is 18.3 Å². The van der Waals surface area contributed by atoms with Gasteiger partial charge >= 0.3 is 8.60 Å². The van der Waals surface area contributed by atoms with Gasteiger partial charge in [0.15, 0.2) is 0 Å². The Hall–Kier alpha value is -0.940. The van der Waals surface area contributed by atoms with E-state index in [4.69, 9.17) is 18.3 Å². The highest BCUT2D eigenvalue weighted by Gasteiger charge is 2.32. The molecule has 1 unspecified atom stereocenters. The minimum Gasteiger partial charge on any atom is -0.429 e. The van der Waals surface area contributed by atoms with E-state index < -0.39 is 8.60 Å². The van der Waals surface area contributed by atoms with Gasteiger partial charge < -0.3 is 18.8 Å². The van der Waals surface area contributed by atoms with Gasteiger partial charge in [0, 0.05) is 18.8 Å². The van der Waals surface area contributed by atoms with Crippen molar-refractivity contribution in [3.63, 3.8) is 0 Å². The summed E-state index contributed by atoms with van der Waals surface area (Å²) in [5.74, 6) is 2.14. The van der Waals surface area contributed by atoms with Gasteiger partial charge in [0.05, 0.1) is 18.8 Å². The highest BCUT2D eigenvalue weighted by Crippen LogP contribution is 2.46. The van der Waals surface area contributed by atoms with E-state index in [2.05, 4.69) is 36.8 Å². The van der Waals surface area contributed by atoms with Gasteiger partial charge in [-0.2, -0.15) is 0 Å². The molecule has 0 bridgehead atoms. The van der Waals surface area contributed by atoms with E-state index in [0.29, 0.717) is 18.9 Å². The van der Waals surface area contributed by atoms with Crippen LogP contribution >= 0.6 is 8.60 Å². The average molecular weight is 356 g/mol. The lowest BCUT2D eigenvalue weighted by atomic mass is 10.1. The number of hydrogen-bond acceptors (Lipinski definition) is 5. The predicted molar refractivity (Wildman–Crippen MR) is 94.3 cm³/mol. The van der Waals surface area contributed by atoms with Crippen LogP contribution in [0.3, 0.4) is 0 Å². The first kappa shape index (κ1) is 19.4. The second kappa shape index (κ2) is 9.52. The fourth-order valence-corrected chi connectivity index (χ4v) is 3.52. The molecule has 0 spiro atoms. The zero-order valence-electron chi connectivity index (χ0n) is 15.2. The number of nitrogens with zero attached hydrogens (tertiary/aromatic N) is 1. The Bertz CT molecular complexity index is 507. The number of nitrogens with one attached hydrogen (secondary N) is 1. The van der Waals surface area contributed by atoms with Crippen LogP contribution in [0.5, 0.6) is 0 Å². The lowest BCUT2D eigenvalue weighted by Crippen LogP contribution is -2.18. The third-order valence-corrected chi connectivity index (χ3v) is 5.07. The molecule has 0 saturated heterocycles. The van der Waals surface area contributed by atoms with Crippen molar-refractivity contribution in [1.29, 1.82) is 0 Å². The molecule has 2 heterocycles. The average Bonchev–Trinajstić information content (AvgIpc) is 3.16. The van der Waals surface area contributed by atoms with Crippen LogP contribution in [0.1, 0.15) is 46.9 Å². The second-order valence-corrected chi connectivity index (χ2v) is 7.30. The summed E-state index contributed by atoms with van der Waals surface area (Å²) < 4.78 is 23.7. The number of rotatable bonds is 10. The highest BCUT2D eigenvalue weighted by atomic mass is 31.2. The zero-order valence-corrected chi connectivity index (χ0v) is 16.1. The first-order valence-electron chi connectivity index (χ1n) is 8.66. The summed E-state index contributed by atoms with van der Waals surface area (Å²) in [4.78, 5) is 7.31. The van der Waals surface area contributed by atoms with Crippen LogP contribution in [0, 0.1) is 5.92 Å². The Balaban J connectivity index is 1.95. The van der Waals surface area contributed by atoms with Gasteiger partial charge in [-0.3, -0.25) is 4.52 Å². The Morgan fingerprint density at radius 1 is 1.33 bits per heavy atom. The largest absolute Gasteiger partial charge is 0.429 e. The molecular weight excluding hydrogens is 327 g/mol. The lowest BCUT2D eigenvalue weighted by molar-refractivity contribution is 0.0160. The maximum atomic E-state index is 6.05. The molecule has 0 amide bonds. The molecule has 6 nitrogen and oxygen atoms in total. The molecule has 136 valence electrons. The summed E-state index contributed by atoms with van der Waals surface area (Å²) in [6.45, 7) is 10.8. The van der Waals surface area contributed by atoms with Crippen LogP contribution < -0.4 is 0 Å². The van der Waals surface area contributed by atoms with E-state index in [1.165, 1.54) is 0 Å². The van der Waals surface area contributed by atoms with Crippen LogP contribution in [-0.2, 0) is 24.7 Å². The fourth-order valence-electron chi connectivity index (χ4n) is 2.44. The second-order valence-electron chi connectivity index (χ2n) is 6.20. The Labute approximate surface area is 145 Å². The lowest BCUT2D eigenvalue weighted by Gasteiger charge is -2.22. The van der Waals surface area contributed by atoms with E-state index in [1.807, 2.05) is 20.0 Å². The zero-order chi connectivity index (χ0) is 17.5. The van der Waals surface area contributed by atoms with Crippen LogP contribution in [-0.4, -0.2) is 34.9 Å². The van der Waals surface area contributed by atoms with E-state index >= 15 is 0 Å². The Morgan fingerprint density at radius 3 is 2.71 bits per heavy atom. The molecule has 1 aromatic rings. The van der Waals surface area contributed by atoms with Crippen LogP contribution in [0.25, 0.3) is 0 Å². The number of ether oxygens (including phenoxy) is 1. The van der Waals surface area contributed by atoms with Gasteiger partial charge in [0.25, 0.3) is 0 Å². The molecule has 1 N–H and O–H groups in total. The van der Waals surface area contributed by atoms with Crippen molar-refractivity contribution >= 4 is 8.60 Å². The van der Waals surface area contributed by atoms with E-state index in [1.54, 1.807) is 6.20 Å². The summed E-state index contributed by atoms with van der Waals surface area (Å²) in [5, 5.41) is 0. The molecule has 0 saturated carbocycles. The topological polar surface area (TPSA) is 65.6 Å². The number of hydrogen-bond donors (Lipinski definition) is 1. The number of aromatic nitrogens is 2. The van der Waals surface area contributed by atoms with Crippen molar-refractivity contribution in [1.82, 2.24) is 9.97 Å². The maximum absolute atomic E-state index is 6.05. The summed E-state index contributed by atoms with van der Waals surface area (Å²) in [6, 6.07) is 0. The quantitative estimate of drug-likeness (QED) is 0.631. The first-order valence-corrected chi connectivity index (χ1v) is 9.76. The first-order chi connectivity index (χ1) is 11.5. The van der Waals surface area contributed by atoms with Gasteiger partial charge in [0.2, 0.25) is 0 Å². The Kier molecular flexibility index (Phi) is 7.69. The molecule has 1 aromatic heterocycles. The molecule has 0 fully saturated rings. The standard InChI is InChI=1S/C17H29N2O4P/c1-6-14-16(11-15(21-14)12(3)4)23-24(20-7-2)22-13(5)10-17-18-8-9-19-17/h8-9,11-15H,6-7,10H2,1-5H3,(H,18,19)/t13-,14+,15+,24?/m0/s1. The SMILES string of the molecule is CCOP(OC1=C[C@H](C(C)C)O[C@@H]1CC)O[C@@H](C)Cc1ncc[nH]1. The molecule has 0 aliphatic carbocycles. The van der Waals surface area contributed by atoms with Crippen molar-refractivity contribution in [2.24, 2.45) is 5.92 Å². The molecule has 0 radical (unpaired) electrons. The summed E-state index contributed by atoms with van der Waals surface area (Å²) in [7, 11) is -1.45. The molecule has 7 heteroatoms. The fraction of sp³-hybridized carbons (Fsp3) is 0.706. The van der Waals surface area contributed by atoms with Gasteiger partial charge in [-0.15, -0.1) is 0 Å². The van der Waals surface area contributed by atoms with Crippen LogP contribution in [0.4, 0.5) is 0 Å². The molecule has 1 aliphatic heterocycles. The van der Waals surface area contributed by atoms with Crippen LogP contribution in [0.15, 0.2) is 24.2 Å². The monoisotopic (exact) mass is 356 g/mol. The predicted octanol–water partition coefficient (Wildman–Crippen LogP) is 4.35. The smallest absolute Gasteiger partial charge is 0.397 e. The maximum Gasteiger partial charge on any atom is 0.397 e. The number of aromatic amines is 1. The van der Waals surface area contributed by atoms with E-state index in [9.17, 15) is 0 Å². The van der Waals surface area contributed by atoms with Crippen molar-refractivity contribution in [3.05, 3.63) is 30.1 Å². The normalized spacial score (nSPS) is 23.3. The third-order valence-electron chi connectivity index (χ3n) is 3.71. The van der Waals surface area contributed by atoms with Crippen LogP contribution in [0.2, 0.25) is 0 Å². The van der Waals surface area contributed by atoms with E-state index in [0.717, 1.165) is 18.0 Å².